The van der Waals surface area contributed by atoms with Crippen LogP contribution in [0.5, 0.6) is 0 Å². The Morgan fingerprint density at radius 3 is 2.23 bits per heavy atom. The Morgan fingerprint density at radius 2 is 1.68 bits per heavy atom. The number of aryl methyl sites for hydroxylation is 1. The van der Waals surface area contributed by atoms with Crippen molar-refractivity contribution in [1.29, 1.82) is 0 Å². The fourth-order valence-electron chi connectivity index (χ4n) is 2.00. The maximum absolute atomic E-state index is 12.2. The summed E-state index contributed by atoms with van der Waals surface area (Å²) in [5.74, 6) is -1.41. The van der Waals surface area contributed by atoms with Gasteiger partial charge in [-0.25, -0.2) is 4.79 Å². The summed E-state index contributed by atoms with van der Waals surface area (Å²) in [5, 5.41) is 12.0. The summed E-state index contributed by atoms with van der Waals surface area (Å²) in [4.78, 5) is 25.4. The van der Waals surface area contributed by atoms with Gasteiger partial charge in [0, 0.05) is 25.3 Å². The van der Waals surface area contributed by atoms with E-state index in [-0.39, 0.29) is 17.2 Å². The lowest BCUT2D eigenvalue weighted by Crippen LogP contribution is -2.16. The number of carboxylic acid groups (broad SMARTS) is 1. The third kappa shape index (κ3) is 3.44. The average Bonchev–Trinajstić information content (AvgIpc) is 2.47. The zero-order valence-electron chi connectivity index (χ0n) is 12.8. The molecule has 0 radical (unpaired) electrons. The van der Waals surface area contributed by atoms with E-state index < -0.39 is 5.97 Å². The highest BCUT2D eigenvalue weighted by Crippen LogP contribution is 2.23. The minimum Gasteiger partial charge on any atom is -0.478 e. The third-order valence-corrected chi connectivity index (χ3v) is 3.31. The number of rotatable bonds is 4. The van der Waals surface area contributed by atoms with Crippen molar-refractivity contribution >= 4 is 23.3 Å². The molecule has 0 aliphatic heterocycles. The summed E-state index contributed by atoms with van der Waals surface area (Å²) in [6.07, 6.45) is 0. The fourth-order valence-corrected chi connectivity index (χ4v) is 2.00. The Morgan fingerprint density at radius 1 is 1.05 bits per heavy atom. The van der Waals surface area contributed by atoms with Crippen LogP contribution in [0.15, 0.2) is 42.5 Å². The number of benzene rings is 2. The quantitative estimate of drug-likeness (QED) is 0.910. The van der Waals surface area contributed by atoms with Crippen molar-refractivity contribution < 1.29 is 14.7 Å². The molecule has 0 aliphatic carbocycles. The topological polar surface area (TPSA) is 69.6 Å². The number of hydrogen-bond donors (Lipinski definition) is 2. The van der Waals surface area contributed by atoms with E-state index >= 15 is 0 Å². The fraction of sp³-hybridized carbons (Fsp3) is 0.176. The second kappa shape index (κ2) is 6.30. The molecule has 114 valence electrons. The van der Waals surface area contributed by atoms with Crippen molar-refractivity contribution in [2.45, 2.75) is 6.92 Å². The molecule has 0 spiro atoms. The van der Waals surface area contributed by atoms with Gasteiger partial charge in [-0.05, 0) is 37.3 Å². The van der Waals surface area contributed by atoms with Gasteiger partial charge in [0.15, 0.2) is 0 Å². The Kier molecular flexibility index (Phi) is 4.46. The van der Waals surface area contributed by atoms with Crippen LogP contribution >= 0.6 is 0 Å². The Bertz CT molecular complexity index is 706. The summed E-state index contributed by atoms with van der Waals surface area (Å²) in [5.41, 5.74) is 2.64. The zero-order chi connectivity index (χ0) is 16.3. The van der Waals surface area contributed by atoms with Crippen molar-refractivity contribution in [3.63, 3.8) is 0 Å². The highest BCUT2D eigenvalue weighted by Gasteiger charge is 2.15. The lowest BCUT2D eigenvalue weighted by molar-refractivity contribution is 0.0698. The maximum Gasteiger partial charge on any atom is 0.337 e. The molecule has 2 aromatic rings. The van der Waals surface area contributed by atoms with Gasteiger partial charge >= 0.3 is 5.97 Å². The number of amides is 1. The van der Waals surface area contributed by atoms with Crippen LogP contribution in [0.2, 0.25) is 0 Å². The predicted octanol–water partition coefficient (Wildman–Crippen LogP) is 3.01. The van der Waals surface area contributed by atoms with Crippen LogP contribution in [0.3, 0.4) is 0 Å². The normalized spacial score (nSPS) is 10.1. The molecule has 0 aromatic heterocycles. The van der Waals surface area contributed by atoms with E-state index in [2.05, 4.69) is 5.32 Å². The number of aromatic carboxylic acids is 1. The third-order valence-electron chi connectivity index (χ3n) is 3.31. The minimum absolute atomic E-state index is 0.0617. The Labute approximate surface area is 129 Å². The second-order valence-electron chi connectivity index (χ2n) is 5.25. The van der Waals surface area contributed by atoms with E-state index in [0.717, 1.165) is 11.3 Å². The highest BCUT2D eigenvalue weighted by molar-refractivity contribution is 6.08. The predicted molar refractivity (Wildman–Crippen MR) is 86.9 cm³/mol. The molecular weight excluding hydrogens is 280 g/mol. The molecular formula is C17H18N2O3. The SMILES string of the molecule is Cc1ccc(C(=O)Nc2ccc(N(C)C)cc2C(=O)O)cc1. The van der Waals surface area contributed by atoms with Crippen LogP contribution in [-0.2, 0) is 0 Å². The zero-order valence-corrected chi connectivity index (χ0v) is 12.8. The van der Waals surface area contributed by atoms with Crippen molar-refractivity contribution in [3.05, 3.63) is 59.2 Å². The van der Waals surface area contributed by atoms with E-state index in [4.69, 9.17) is 0 Å². The average molecular weight is 298 g/mol. The first-order chi connectivity index (χ1) is 10.4. The van der Waals surface area contributed by atoms with Crippen molar-refractivity contribution in [2.75, 3.05) is 24.3 Å². The number of carboxylic acids is 1. The lowest BCUT2D eigenvalue weighted by Gasteiger charge is -2.15. The van der Waals surface area contributed by atoms with Crippen molar-refractivity contribution in [1.82, 2.24) is 0 Å². The maximum atomic E-state index is 12.2. The molecule has 0 fully saturated rings. The molecule has 1 amide bonds. The molecule has 22 heavy (non-hydrogen) atoms. The van der Waals surface area contributed by atoms with Crippen LogP contribution in [0, 0.1) is 6.92 Å². The number of carbonyl (C=O) groups is 2. The van der Waals surface area contributed by atoms with Gasteiger partial charge in [0.1, 0.15) is 0 Å². The summed E-state index contributed by atoms with van der Waals surface area (Å²) in [6, 6.07) is 12.0. The van der Waals surface area contributed by atoms with Gasteiger partial charge in [0.25, 0.3) is 5.91 Å². The molecule has 0 bridgehead atoms. The smallest absolute Gasteiger partial charge is 0.337 e. The second-order valence-corrected chi connectivity index (χ2v) is 5.25. The number of nitrogens with one attached hydrogen (secondary N) is 1. The first-order valence-corrected chi connectivity index (χ1v) is 6.81. The molecule has 0 atom stereocenters. The lowest BCUT2D eigenvalue weighted by atomic mass is 10.1. The van der Waals surface area contributed by atoms with Gasteiger partial charge in [-0.2, -0.15) is 0 Å². The van der Waals surface area contributed by atoms with Gasteiger partial charge < -0.3 is 15.3 Å². The number of carbonyl (C=O) groups excluding carboxylic acids is 1. The molecule has 0 aliphatic rings. The molecule has 2 rings (SSSR count). The standard InChI is InChI=1S/C17H18N2O3/c1-11-4-6-12(7-5-11)16(20)18-15-9-8-13(19(2)3)10-14(15)17(21)22/h4-10H,1-3H3,(H,18,20)(H,21,22). The summed E-state index contributed by atoms with van der Waals surface area (Å²) in [6.45, 7) is 1.93. The van der Waals surface area contributed by atoms with Crippen LogP contribution in [-0.4, -0.2) is 31.1 Å². The molecule has 5 heteroatoms. The molecule has 0 saturated heterocycles. The summed E-state index contributed by atoms with van der Waals surface area (Å²) in [7, 11) is 3.65. The van der Waals surface area contributed by atoms with E-state index in [1.54, 1.807) is 29.2 Å². The molecule has 2 aromatic carbocycles. The summed E-state index contributed by atoms with van der Waals surface area (Å²) >= 11 is 0. The van der Waals surface area contributed by atoms with Gasteiger partial charge in [0.2, 0.25) is 0 Å². The van der Waals surface area contributed by atoms with Crippen LogP contribution < -0.4 is 10.2 Å². The van der Waals surface area contributed by atoms with E-state index in [0.29, 0.717) is 5.56 Å². The first kappa shape index (κ1) is 15.6. The van der Waals surface area contributed by atoms with Gasteiger partial charge in [-0.15, -0.1) is 0 Å². The molecule has 0 unspecified atom stereocenters. The van der Waals surface area contributed by atoms with Crippen molar-refractivity contribution in [3.8, 4) is 0 Å². The van der Waals surface area contributed by atoms with Crippen LogP contribution in [0.25, 0.3) is 0 Å². The highest BCUT2D eigenvalue weighted by atomic mass is 16.4. The van der Waals surface area contributed by atoms with Crippen LogP contribution in [0.1, 0.15) is 26.3 Å². The first-order valence-electron chi connectivity index (χ1n) is 6.81. The minimum atomic E-state index is -1.08. The van der Waals surface area contributed by atoms with E-state index in [9.17, 15) is 14.7 Å². The number of hydrogen-bond acceptors (Lipinski definition) is 3. The number of nitrogens with zero attached hydrogens (tertiary/aromatic N) is 1. The molecule has 0 heterocycles. The molecule has 0 saturated carbocycles. The Hall–Kier alpha value is -2.82. The van der Waals surface area contributed by atoms with E-state index in [1.165, 1.54) is 6.07 Å². The van der Waals surface area contributed by atoms with E-state index in [1.807, 2.05) is 33.2 Å². The Balaban J connectivity index is 2.30. The number of anilines is 2. The summed E-state index contributed by atoms with van der Waals surface area (Å²) < 4.78 is 0. The molecule has 2 N–H and O–H groups in total. The van der Waals surface area contributed by atoms with Gasteiger partial charge in [0.05, 0.1) is 11.3 Å². The van der Waals surface area contributed by atoms with Gasteiger partial charge in [-0.1, -0.05) is 17.7 Å². The van der Waals surface area contributed by atoms with Crippen molar-refractivity contribution in [2.24, 2.45) is 0 Å². The largest absolute Gasteiger partial charge is 0.478 e. The molecule has 5 nitrogen and oxygen atoms in total. The monoisotopic (exact) mass is 298 g/mol. The van der Waals surface area contributed by atoms with Crippen LogP contribution in [0.4, 0.5) is 11.4 Å². The van der Waals surface area contributed by atoms with Gasteiger partial charge in [-0.3, -0.25) is 4.79 Å².